The van der Waals surface area contributed by atoms with E-state index in [0.29, 0.717) is 23.8 Å². The highest BCUT2D eigenvalue weighted by Crippen LogP contribution is 2.35. The molecule has 3 rings (SSSR count). The van der Waals surface area contributed by atoms with Crippen molar-refractivity contribution in [2.75, 3.05) is 11.9 Å². The minimum Gasteiger partial charge on any atom is -0.463 e. The van der Waals surface area contributed by atoms with Gasteiger partial charge in [0.1, 0.15) is 6.04 Å². The Morgan fingerprint density at radius 3 is 2.86 bits per heavy atom. The number of ether oxygens (including phenoxy) is 1. The summed E-state index contributed by atoms with van der Waals surface area (Å²) in [5.41, 5.74) is 3.26. The van der Waals surface area contributed by atoms with Crippen LogP contribution in [-0.4, -0.2) is 32.8 Å². The number of aromatic nitrogens is 4. The number of allylic oxidation sites excluding steroid dienone is 1. The van der Waals surface area contributed by atoms with E-state index in [-0.39, 0.29) is 5.97 Å². The van der Waals surface area contributed by atoms with Gasteiger partial charge in [-0.15, -0.1) is 0 Å². The number of esters is 1. The van der Waals surface area contributed by atoms with Crippen LogP contribution in [0.15, 0.2) is 35.5 Å². The van der Waals surface area contributed by atoms with Crippen molar-refractivity contribution < 1.29 is 9.53 Å². The number of tetrazole rings is 1. The van der Waals surface area contributed by atoms with Crippen molar-refractivity contribution in [2.24, 2.45) is 0 Å². The molecule has 1 aromatic carbocycles. The summed E-state index contributed by atoms with van der Waals surface area (Å²) in [6.45, 7) is 5.93. The third-order valence-corrected chi connectivity index (χ3v) is 3.69. The standard InChI is InChI=1S/C15H17N5O2/c1-4-22-14(21)12-10(3)16-15-17-18-19-20(15)13(12)11-8-6-5-7-9(11)2/h5-8,13H,4H2,1-3H3,(H,16,17,19). The molecular weight excluding hydrogens is 282 g/mol. The van der Waals surface area contributed by atoms with Crippen LogP contribution in [0.5, 0.6) is 0 Å². The quantitative estimate of drug-likeness (QED) is 0.871. The van der Waals surface area contributed by atoms with E-state index in [1.165, 1.54) is 0 Å². The zero-order chi connectivity index (χ0) is 15.7. The van der Waals surface area contributed by atoms with E-state index >= 15 is 0 Å². The molecule has 22 heavy (non-hydrogen) atoms. The second-order valence-electron chi connectivity index (χ2n) is 5.09. The second kappa shape index (κ2) is 5.59. The van der Waals surface area contributed by atoms with Gasteiger partial charge < -0.3 is 10.1 Å². The first-order valence-electron chi connectivity index (χ1n) is 7.11. The number of hydrogen-bond acceptors (Lipinski definition) is 6. The predicted octanol–water partition coefficient (Wildman–Crippen LogP) is 1.83. The third-order valence-electron chi connectivity index (χ3n) is 3.69. The molecule has 2 aromatic rings. The van der Waals surface area contributed by atoms with Crippen LogP contribution >= 0.6 is 0 Å². The summed E-state index contributed by atoms with van der Waals surface area (Å²) in [5, 5.41) is 14.8. The van der Waals surface area contributed by atoms with Gasteiger partial charge in [0.05, 0.1) is 12.2 Å². The number of benzene rings is 1. The molecule has 1 aromatic heterocycles. The van der Waals surface area contributed by atoms with Crippen molar-refractivity contribution in [1.29, 1.82) is 0 Å². The zero-order valence-electron chi connectivity index (χ0n) is 12.7. The van der Waals surface area contributed by atoms with E-state index in [4.69, 9.17) is 4.74 Å². The summed E-state index contributed by atoms with van der Waals surface area (Å²) >= 11 is 0. The molecule has 2 heterocycles. The Hall–Kier alpha value is -2.70. The van der Waals surface area contributed by atoms with Crippen LogP contribution in [0.3, 0.4) is 0 Å². The number of nitrogens with one attached hydrogen (secondary N) is 1. The topological polar surface area (TPSA) is 81.9 Å². The van der Waals surface area contributed by atoms with Crippen molar-refractivity contribution in [3.05, 3.63) is 46.7 Å². The lowest BCUT2D eigenvalue weighted by Gasteiger charge is -2.28. The fourth-order valence-corrected chi connectivity index (χ4v) is 2.67. The molecule has 1 N–H and O–H groups in total. The molecule has 0 fully saturated rings. The van der Waals surface area contributed by atoms with Crippen LogP contribution in [0, 0.1) is 6.92 Å². The third kappa shape index (κ3) is 2.24. The van der Waals surface area contributed by atoms with Gasteiger partial charge in [-0.2, -0.15) is 4.68 Å². The molecule has 0 aliphatic carbocycles. The predicted molar refractivity (Wildman–Crippen MR) is 80.1 cm³/mol. The van der Waals surface area contributed by atoms with Crippen molar-refractivity contribution in [2.45, 2.75) is 26.8 Å². The van der Waals surface area contributed by atoms with Crippen molar-refractivity contribution in [1.82, 2.24) is 20.2 Å². The second-order valence-corrected chi connectivity index (χ2v) is 5.09. The van der Waals surface area contributed by atoms with Gasteiger partial charge in [-0.25, -0.2) is 4.79 Å². The number of carbonyl (C=O) groups is 1. The molecule has 0 bridgehead atoms. The van der Waals surface area contributed by atoms with Gasteiger partial charge in [0.2, 0.25) is 5.95 Å². The first-order valence-corrected chi connectivity index (χ1v) is 7.11. The highest BCUT2D eigenvalue weighted by molar-refractivity contribution is 5.92. The smallest absolute Gasteiger partial charge is 0.338 e. The van der Waals surface area contributed by atoms with E-state index < -0.39 is 6.04 Å². The zero-order valence-corrected chi connectivity index (χ0v) is 12.7. The molecule has 0 saturated carbocycles. The number of fused-ring (bicyclic) bond motifs is 1. The number of rotatable bonds is 3. The van der Waals surface area contributed by atoms with Crippen LogP contribution in [0.2, 0.25) is 0 Å². The number of hydrogen-bond donors (Lipinski definition) is 1. The summed E-state index contributed by atoms with van der Waals surface area (Å²) in [6.07, 6.45) is 0. The maximum Gasteiger partial charge on any atom is 0.338 e. The van der Waals surface area contributed by atoms with Gasteiger partial charge in [0.25, 0.3) is 0 Å². The van der Waals surface area contributed by atoms with E-state index in [1.807, 2.05) is 38.1 Å². The van der Waals surface area contributed by atoms with Gasteiger partial charge in [-0.05, 0) is 42.3 Å². The van der Waals surface area contributed by atoms with Gasteiger partial charge in [0, 0.05) is 5.70 Å². The lowest BCUT2D eigenvalue weighted by Crippen LogP contribution is -2.30. The summed E-state index contributed by atoms with van der Waals surface area (Å²) in [7, 11) is 0. The highest BCUT2D eigenvalue weighted by atomic mass is 16.5. The Morgan fingerprint density at radius 1 is 1.36 bits per heavy atom. The van der Waals surface area contributed by atoms with E-state index in [0.717, 1.165) is 11.1 Å². The molecule has 0 saturated heterocycles. The lowest BCUT2D eigenvalue weighted by molar-refractivity contribution is -0.139. The molecular formula is C15H17N5O2. The molecule has 1 aliphatic heterocycles. The average molecular weight is 299 g/mol. The van der Waals surface area contributed by atoms with E-state index in [2.05, 4.69) is 20.8 Å². The molecule has 1 aliphatic rings. The molecule has 0 spiro atoms. The van der Waals surface area contributed by atoms with Crippen LogP contribution in [0.25, 0.3) is 0 Å². The number of anilines is 1. The number of aryl methyl sites for hydroxylation is 1. The van der Waals surface area contributed by atoms with Crippen molar-refractivity contribution >= 4 is 11.9 Å². The number of carbonyl (C=O) groups excluding carboxylic acids is 1. The number of nitrogens with zero attached hydrogens (tertiary/aromatic N) is 4. The Balaban J connectivity index is 2.18. The largest absolute Gasteiger partial charge is 0.463 e. The normalized spacial score (nSPS) is 17.0. The van der Waals surface area contributed by atoms with Crippen molar-refractivity contribution in [3.8, 4) is 0 Å². The Labute approximate surface area is 128 Å². The van der Waals surface area contributed by atoms with Crippen LogP contribution in [0.1, 0.15) is 31.0 Å². The first kappa shape index (κ1) is 14.2. The molecule has 0 radical (unpaired) electrons. The Morgan fingerprint density at radius 2 is 2.14 bits per heavy atom. The van der Waals surface area contributed by atoms with Gasteiger partial charge in [-0.3, -0.25) is 0 Å². The monoisotopic (exact) mass is 299 g/mol. The maximum absolute atomic E-state index is 12.4. The molecule has 1 unspecified atom stereocenters. The van der Waals surface area contributed by atoms with E-state index in [1.54, 1.807) is 11.6 Å². The summed E-state index contributed by atoms with van der Waals surface area (Å²) in [5.74, 6) is 0.153. The molecule has 1 atom stereocenters. The molecule has 7 nitrogen and oxygen atoms in total. The Bertz CT molecular complexity index is 750. The van der Waals surface area contributed by atoms with Crippen LogP contribution < -0.4 is 5.32 Å². The van der Waals surface area contributed by atoms with Gasteiger partial charge >= 0.3 is 5.97 Å². The van der Waals surface area contributed by atoms with E-state index in [9.17, 15) is 4.79 Å². The molecule has 114 valence electrons. The maximum atomic E-state index is 12.4. The molecule has 0 amide bonds. The minimum atomic E-state index is -0.397. The fourth-order valence-electron chi connectivity index (χ4n) is 2.67. The summed E-state index contributed by atoms with van der Waals surface area (Å²) < 4.78 is 6.83. The SMILES string of the molecule is CCOC(=O)C1=C(C)Nc2nnnn2C1c1ccccc1C. The van der Waals surface area contributed by atoms with Crippen molar-refractivity contribution in [3.63, 3.8) is 0 Å². The first-order chi connectivity index (χ1) is 10.6. The van der Waals surface area contributed by atoms with Crippen LogP contribution in [-0.2, 0) is 9.53 Å². The van der Waals surface area contributed by atoms with Gasteiger partial charge in [0.15, 0.2) is 0 Å². The van der Waals surface area contributed by atoms with Crippen LogP contribution in [0.4, 0.5) is 5.95 Å². The molecule has 7 heteroatoms. The fraction of sp³-hybridized carbons (Fsp3) is 0.333. The Kier molecular flexibility index (Phi) is 3.62. The average Bonchev–Trinajstić information content (AvgIpc) is 2.94. The van der Waals surface area contributed by atoms with Gasteiger partial charge in [-0.1, -0.05) is 29.4 Å². The summed E-state index contributed by atoms with van der Waals surface area (Å²) in [6, 6.07) is 7.47. The highest BCUT2D eigenvalue weighted by Gasteiger charge is 2.35. The lowest BCUT2D eigenvalue weighted by atomic mass is 9.93. The summed E-state index contributed by atoms with van der Waals surface area (Å²) in [4.78, 5) is 12.4. The minimum absolute atomic E-state index is 0.318.